The van der Waals surface area contributed by atoms with Crippen LogP contribution in [0.2, 0.25) is 0 Å². The van der Waals surface area contributed by atoms with Gasteiger partial charge in [-0.05, 0) is 68.7 Å². The molecule has 0 fully saturated rings. The Kier molecular flexibility index (Phi) is 7.22. The van der Waals surface area contributed by atoms with Gasteiger partial charge in [0, 0.05) is 35.0 Å². The third kappa shape index (κ3) is 5.79. The van der Waals surface area contributed by atoms with Gasteiger partial charge in [0.15, 0.2) is 0 Å². The van der Waals surface area contributed by atoms with Crippen molar-refractivity contribution in [1.82, 2.24) is 15.1 Å². The largest absolute Gasteiger partial charge is 0.326 e. The zero-order valence-corrected chi connectivity index (χ0v) is 19.5. The zero-order chi connectivity index (χ0) is 22.5. The smallest absolute Gasteiger partial charge is 0.258 e. The molecule has 1 aromatic heterocycles. The maximum absolute atomic E-state index is 13.9. The number of aryl methyl sites for hydroxylation is 3. The van der Waals surface area contributed by atoms with Crippen molar-refractivity contribution >= 4 is 33.5 Å². The molecular formula is C23H25BrFN5O. The lowest BCUT2D eigenvalue weighted by molar-refractivity contribution is 0.0976. The van der Waals surface area contributed by atoms with Crippen molar-refractivity contribution < 1.29 is 9.18 Å². The van der Waals surface area contributed by atoms with Crippen LogP contribution in [0.4, 0.5) is 10.1 Å². The van der Waals surface area contributed by atoms with Gasteiger partial charge in [-0.3, -0.25) is 19.8 Å². The van der Waals surface area contributed by atoms with E-state index in [1.807, 2.05) is 49.8 Å². The number of anilines is 1. The Bertz CT molecular complexity index is 1140. The number of carbonyl (C=O) groups is 1. The summed E-state index contributed by atoms with van der Waals surface area (Å²) in [4.78, 5) is 17.3. The molecule has 31 heavy (non-hydrogen) atoms. The number of guanidine groups is 1. The fourth-order valence-corrected chi connectivity index (χ4v) is 3.59. The van der Waals surface area contributed by atoms with Crippen molar-refractivity contribution in [3.8, 4) is 0 Å². The minimum Gasteiger partial charge on any atom is -0.326 e. The van der Waals surface area contributed by atoms with Crippen molar-refractivity contribution in [2.45, 2.75) is 27.2 Å². The van der Waals surface area contributed by atoms with E-state index in [1.165, 1.54) is 6.07 Å². The lowest BCUT2D eigenvalue weighted by atomic mass is 10.1. The van der Waals surface area contributed by atoms with E-state index >= 15 is 0 Å². The van der Waals surface area contributed by atoms with E-state index in [4.69, 9.17) is 0 Å². The molecule has 2 aromatic carbocycles. The first kappa shape index (κ1) is 22.7. The molecule has 1 heterocycles. The van der Waals surface area contributed by atoms with E-state index in [0.29, 0.717) is 24.5 Å². The van der Waals surface area contributed by atoms with Gasteiger partial charge in [-0.1, -0.05) is 28.1 Å². The Morgan fingerprint density at radius 3 is 2.61 bits per heavy atom. The van der Waals surface area contributed by atoms with Gasteiger partial charge >= 0.3 is 0 Å². The number of hydrogen-bond donors (Lipinski definition) is 2. The summed E-state index contributed by atoms with van der Waals surface area (Å²) in [6.45, 7) is 6.10. The van der Waals surface area contributed by atoms with E-state index in [2.05, 4.69) is 36.7 Å². The summed E-state index contributed by atoms with van der Waals surface area (Å²) in [5.74, 6) is -0.564. The predicted octanol–water partition coefficient (Wildman–Crippen LogP) is 4.69. The van der Waals surface area contributed by atoms with Gasteiger partial charge in [0.05, 0.1) is 5.69 Å². The summed E-state index contributed by atoms with van der Waals surface area (Å²) in [5, 5.41) is 10.3. The molecule has 0 radical (unpaired) electrons. The Balaban J connectivity index is 1.80. The van der Waals surface area contributed by atoms with Gasteiger partial charge in [0.1, 0.15) is 5.82 Å². The number of carbonyl (C=O) groups excluding carboxylic acids is 1. The third-order valence-corrected chi connectivity index (χ3v) is 5.54. The highest BCUT2D eigenvalue weighted by atomic mass is 79.9. The fraction of sp³-hybridized carbons (Fsp3) is 0.261. The lowest BCUT2D eigenvalue weighted by Gasteiger charge is -2.13. The SMILES string of the molecule is Cc1ccc(C(=O)NC(=NCCc2c(C)nn(C)c2C)Nc2cccc(Br)c2)cc1F. The molecule has 2 N–H and O–H groups in total. The van der Waals surface area contributed by atoms with Gasteiger partial charge in [-0.25, -0.2) is 4.39 Å². The molecule has 0 aliphatic heterocycles. The van der Waals surface area contributed by atoms with Gasteiger partial charge in [-0.15, -0.1) is 0 Å². The van der Waals surface area contributed by atoms with Crippen LogP contribution < -0.4 is 10.6 Å². The summed E-state index contributed by atoms with van der Waals surface area (Å²) >= 11 is 3.44. The quantitative estimate of drug-likeness (QED) is 0.406. The topological polar surface area (TPSA) is 71.3 Å². The highest BCUT2D eigenvalue weighted by Gasteiger charge is 2.13. The van der Waals surface area contributed by atoms with E-state index in [9.17, 15) is 9.18 Å². The van der Waals surface area contributed by atoms with E-state index < -0.39 is 11.7 Å². The van der Waals surface area contributed by atoms with Crippen molar-refractivity contribution in [3.63, 3.8) is 0 Å². The van der Waals surface area contributed by atoms with Crippen LogP contribution in [0.3, 0.4) is 0 Å². The molecule has 0 atom stereocenters. The molecule has 0 unspecified atom stereocenters. The summed E-state index contributed by atoms with van der Waals surface area (Å²) < 4.78 is 16.6. The first-order valence-electron chi connectivity index (χ1n) is 9.88. The van der Waals surface area contributed by atoms with Crippen LogP contribution in [0.5, 0.6) is 0 Å². The molecule has 3 aromatic rings. The lowest BCUT2D eigenvalue weighted by Crippen LogP contribution is -2.36. The van der Waals surface area contributed by atoms with Crippen LogP contribution >= 0.6 is 15.9 Å². The number of amides is 1. The zero-order valence-electron chi connectivity index (χ0n) is 18.0. The number of aromatic nitrogens is 2. The highest BCUT2D eigenvalue weighted by molar-refractivity contribution is 9.10. The number of aliphatic imine (C=N–C) groups is 1. The molecule has 0 saturated carbocycles. The molecule has 0 aliphatic carbocycles. The van der Waals surface area contributed by atoms with E-state index in [1.54, 1.807) is 19.1 Å². The average Bonchev–Trinajstić information content (AvgIpc) is 2.95. The van der Waals surface area contributed by atoms with Crippen LogP contribution in [-0.2, 0) is 13.5 Å². The Hall–Kier alpha value is -3.00. The standard InChI is InChI=1S/C23H25BrFN5O/c1-14-8-9-17(12-21(14)25)22(31)28-23(27-19-7-5-6-18(24)13-19)26-11-10-20-15(2)29-30(4)16(20)3/h5-9,12-13H,10-11H2,1-4H3,(H2,26,27,28,31). The molecule has 162 valence electrons. The first-order valence-corrected chi connectivity index (χ1v) is 10.7. The molecule has 3 rings (SSSR count). The molecule has 0 bridgehead atoms. The molecule has 0 saturated heterocycles. The second-order valence-corrected chi connectivity index (χ2v) is 8.22. The monoisotopic (exact) mass is 485 g/mol. The van der Waals surface area contributed by atoms with Crippen LogP contribution in [0, 0.1) is 26.6 Å². The van der Waals surface area contributed by atoms with Crippen LogP contribution in [0.1, 0.15) is 32.9 Å². The number of halogens is 2. The van der Waals surface area contributed by atoms with E-state index in [-0.39, 0.29) is 5.56 Å². The molecule has 6 nitrogen and oxygen atoms in total. The predicted molar refractivity (Wildman–Crippen MR) is 125 cm³/mol. The maximum Gasteiger partial charge on any atom is 0.258 e. The number of hydrogen-bond acceptors (Lipinski definition) is 3. The minimum absolute atomic E-state index is 0.228. The second-order valence-electron chi connectivity index (χ2n) is 7.31. The number of rotatable bonds is 5. The molecule has 1 amide bonds. The van der Waals surface area contributed by atoms with Crippen molar-refractivity contribution in [2.24, 2.45) is 12.0 Å². The normalized spacial score (nSPS) is 11.5. The molecule has 0 spiro atoms. The minimum atomic E-state index is -0.436. The van der Waals surface area contributed by atoms with Crippen LogP contribution in [0.15, 0.2) is 51.9 Å². The molecule has 8 heteroatoms. The van der Waals surface area contributed by atoms with Crippen molar-refractivity contribution in [3.05, 3.63) is 80.8 Å². The van der Waals surface area contributed by atoms with E-state index in [0.717, 1.165) is 27.1 Å². The highest BCUT2D eigenvalue weighted by Crippen LogP contribution is 2.16. The van der Waals surface area contributed by atoms with Gasteiger partial charge < -0.3 is 5.32 Å². The Labute approximate surface area is 189 Å². The summed E-state index contributed by atoms with van der Waals surface area (Å²) in [7, 11) is 1.91. The van der Waals surface area contributed by atoms with Gasteiger partial charge in [0.25, 0.3) is 5.91 Å². The summed E-state index contributed by atoms with van der Waals surface area (Å²) in [6.07, 6.45) is 0.685. The fourth-order valence-electron chi connectivity index (χ4n) is 3.19. The van der Waals surface area contributed by atoms with Crippen molar-refractivity contribution in [1.29, 1.82) is 0 Å². The number of nitrogens with zero attached hydrogens (tertiary/aromatic N) is 3. The number of benzene rings is 2. The van der Waals surface area contributed by atoms with Crippen molar-refractivity contribution in [2.75, 3.05) is 11.9 Å². The third-order valence-electron chi connectivity index (χ3n) is 5.04. The maximum atomic E-state index is 13.9. The molecule has 0 aliphatic rings. The van der Waals surface area contributed by atoms with Crippen LogP contribution in [-0.4, -0.2) is 28.2 Å². The van der Waals surface area contributed by atoms with Crippen LogP contribution in [0.25, 0.3) is 0 Å². The summed E-state index contributed by atoms with van der Waals surface area (Å²) in [6, 6.07) is 11.9. The second kappa shape index (κ2) is 9.87. The summed E-state index contributed by atoms with van der Waals surface area (Å²) in [5.41, 5.74) is 4.67. The van der Waals surface area contributed by atoms with Gasteiger partial charge in [-0.2, -0.15) is 5.10 Å². The Morgan fingerprint density at radius 1 is 1.19 bits per heavy atom. The average molecular weight is 486 g/mol. The Morgan fingerprint density at radius 2 is 1.97 bits per heavy atom. The first-order chi connectivity index (χ1) is 14.7. The van der Waals surface area contributed by atoms with Gasteiger partial charge in [0.2, 0.25) is 5.96 Å². The molecular weight excluding hydrogens is 461 g/mol. The number of nitrogens with one attached hydrogen (secondary N) is 2.